The second kappa shape index (κ2) is 7.76. The van der Waals surface area contributed by atoms with E-state index < -0.39 is 17.8 Å². The summed E-state index contributed by atoms with van der Waals surface area (Å²) >= 11 is 0. The Morgan fingerprint density at radius 3 is 2.77 bits per heavy atom. The van der Waals surface area contributed by atoms with Crippen LogP contribution in [0.1, 0.15) is 34.7 Å². The normalized spacial score (nSPS) is 11.8. The van der Waals surface area contributed by atoms with Crippen LogP contribution in [0.25, 0.3) is 16.9 Å². The van der Waals surface area contributed by atoms with E-state index in [0.717, 1.165) is 6.20 Å². The van der Waals surface area contributed by atoms with E-state index >= 15 is 0 Å². The Morgan fingerprint density at radius 1 is 1.29 bits per heavy atom. The van der Waals surface area contributed by atoms with E-state index in [1.54, 1.807) is 30.3 Å². The van der Waals surface area contributed by atoms with Crippen LogP contribution in [0.5, 0.6) is 0 Å². The number of nitrogens with one attached hydrogen (secondary N) is 1. The van der Waals surface area contributed by atoms with Crippen LogP contribution in [0, 0.1) is 17.1 Å². The standard InChI is InChI=1S/C22H17FN6O2/c1-12(27-17-5-2-4-16(25)15(17)9-24)20-21(13-8-14(23)11-26-10-13)29-18(22(30)31)6-3-7-19(29)28-20/h2-8,10-12,27H,25H2,1H3,(H,30,31)/t12-/m0/s1. The van der Waals surface area contributed by atoms with Crippen molar-refractivity contribution in [3.05, 3.63) is 77.6 Å². The van der Waals surface area contributed by atoms with E-state index in [9.17, 15) is 19.6 Å². The number of carbonyl (C=O) groups is 1. The number of halogens is 1. The summed E-state index contributed by atoms with van der Waals surface area (Å²) in [5.41, 5.74) is 8.62. The molecule has 0 aliphatic heterocycles. The Morgan fingerprint density at radius 2 is 2.06 bits per heavy atom. The summed E-state index contributed by atoms with van der Waals surface area (Å²) in [6.07, 6.45) is 2.51. The van der Waals surface area contributed by atoms with Gasteiger partial charge in [0.2, 0.25) is 0 Å². The Bertz CT molecular complexity index is 1360. The molecule has 0 bridgehead atoms. The first kappa shape index (κ1) is 19.8. The highest BCUT2D eigenvalue weighted by atomic mass is 19.1. The molecule has 3 heterocycles. The number of aromatic nitrogens is 3. The first-order chi connectivity index (χ1) is 14.9. The number of imidazole rings is 1. The number of carboxylic acid groups (broad SMARTS) is 1. The lowest BCUT2D eigenvalue weighted by Crippen LogP contribution is -2.11. The average Bonchev–Trinajstić information content (AvgIpc) is 3.13. The van der Waals surface area contributed by atoms with Gasteiger partial charge in [0.15, 0.2) is 0 Å². The molecule has 0 fully saturated rings. The molecule has 0 saturated carbocycles. The Balaban J connectivity index is 1.93. The van der Waals surface area contributed by atoms with Crippen molar-refractivity contribution in [3.63, 3.8) is 0 Å². The van der Waals surface area contributed by atoms with Gasteiger partial charge in [-0.25, -0.2) is 14.2 Å². The molecule has 0 saturated heterocycles. The first-order valence-electron chi connectivity index (χ1n) is 9.31. The number of nitrogens with zero attached hydrogens (tertiary/aromatic N) is 4. The van der Waals surface area contributed by atoms with Gasteiger partial charge in [0.25, 0.3) is 0 Å². The van der Waals surface area contributed by atoms with Crippen molar-refractivity contribution in [2.24, 2.45) is 0 Å². The van der Waals surface area contributed by atoms with Gasteiger partial charge < -0.3 is 16.2 Å². The molecule has 0 radical (unpaired) electrons. The van der Waals surface area contributed by atoms with Crippen LogP contribution in [-0.4, -0.2) is 25.4 Å². The highest BCUT2D eigenvalue weighted by Gasteiger charge is 2.24. The summed E-state index contributed by atoms with van der Waals surface area (Å²) in [4.78, 5) is 20.4. The van der Waals surface area contributed by atoms with Crippen molar-refractivity contribution in [3.8, 4) is 17.3 Å². The van der Waals surface area contributed by atoms with E-state index in [0.29, 0.717) is 39.5 Å². The number of carboxylic acids is 1. The molecule has 0 amide bonds. The zero-order valence-corrected chi connectivity index (χ0v) is 16.4. The quantitative estimate of drug-likeness (QED) is 0.421. The fraction of sp³-hybridized carbons (Fsp3) is 0.0909. The van der Waals surface area contributed by atoms with Gasteiger partial charge in [0.1, 0.15) is 23.2 Å². The van der Waals surface area contributed by atoms with Crippen LogP contribution in [0.2, 0.25) is 0 Å². The van der Waals surface area contributed by atoms with E-state index in [4.69, 9.17) is 5.73 Å². The monoisotopic (exact) mass is 416 g/mol. The molecule has 4 aromatic rings. The number of rotatable bonds is 5. The Hall–Kier alpha value is -4.45. The van der Waals surface area contributed by atoms with Crippen LogP contribution in [-0.2, 0) is 0 Å². The molecule has 31 heavy (non-hydrogen) atoms. The number of nitrogens with two attached hydrogens (primary N) is 1. The van der Waals surface area contributed by atoms with Crippen molar-refractivity contribution < 1.29 is 14.3 Å². The number of hydrogen-bond donors (Lipinski definition) is 3. The molecule has 3 aromatic heterocycles. The lowest BCUT2D eigenvalue weighted by atomic mass is 10.1. The zero-order chi connectivity index (χ0) is 22.1. The third-order valence-corrected chi connectivity index (χ3v) is 4.86. The molecule has 8 nitrogen and oxygen atoms in total. The molecule has 4 rings (SSSR count). The molecule has 0 unspecified atom stereocenters. The summed E-state index contributed by atoms with van der Waals surface area (Å²) in [5.74, 6) is -1.71. The van der Waals surface area contributed by atoms with Gasteiger partial charge in [-0.15, -0.1) is 0 Å². The summed E-state index contributed by atoms with van der Waals surface area (Å²) < 4.78 is 15.4. The minimum atomic E-state index is -1.15. The molecule has 4 N–H and O–H groups in total. The number of aromatic carboxylic acids is 1. The van der Waals surface area contributed by atoms with Gasteiger partial charge in [0.05, 0.1) is 40.6 Å². The van der Waals surface area contributed by atoms with Crippen molar-refractivity contribution >= 4 is 23.0 Å². The van der Waals surface area contributed by atoms with Gasteiger partial charge in [-0.1, -0.05) is 12.1 Å². The lowest BCUT2D eigenvalue weighted by molar-refractivity contribution is 0.0689. The molecule has 1 aromatic carbocycles. The molecular formula is C22H17FN6O2. The third kappa shape index (κ3) is 3.51. The van der Waals surface area contributed by atoms with Crippen LogP contribution < -0.4 is 11.1 Å². The van der Waals surface area contributed by atoms with Gasteiger partial charge >= 0.3 is 5.97 Å². The van der Waals surface area contributed by atoms with E-state index in [1.807, 2.05) is 6.92 Å². The number of fused-ring (bicyclic) bond motifs is 1. The van der Waals surface area contributed by atoms with Crippen molar-refractivity contribution in [1.29, 1.82) is 5.26 Å². The SMILES string of the molecule is C[C@H](Nc1cccc(N)c1C#N)c1nc2cccc(C(=O)O)n2c1-c1cncc(F)c1. The number of nitriles is 1. The number of hydrogen-bond acceptors (Lipinski definition) is 6. The van der Waals surface area contributed by atoms with Crippen molar-refractivity contribution in [2.75, 3.05) is 11.1 Å². The van der Waals surface area contributed by atoms with Crippen molar-refractivity contribution in [2.45, 2.75) is 13.0 Å². The summed E-state index contributed by atoms with van der Waals surface area (Å²) in [5, 5.41) is 22.4. The average molecular weight is 416 g/mol. The molecule has 0 aliphatic carbocycles. The minimum Gasteiger partial charge on any atom is -0.477 e. The first-order valence-corrected chi connectivity index (χ1v) is 9.31. The number of nitrogen functional groups attached to an aromatic ring is 1. The largest absolute Gasteiger partial charge is 0.477 e. The van der Waals surface area contributed by atoms with Gasteiger partial charge in [-0.2, -0.15) is 5.26 Å². The molecule has 0 spiro atoms. The molecule has 154 valence electrons. The fourth-order valence-corrected chi connectivity index (χ4v) is 3.52. The van der Waals surface area contributed by atoms with Crippen LogP contribution in [0.15, 0.2) is 54.9 Å². The summed E-state index contributed by atoms with van der Waals surface area (Å²) in [6, 6.07) is 12.6. The van der Waals surface area contributed by atoms with Gasteiger partial charge in [0, 0.05) is 11.8 Å². The van der Waals surface area contributed by atoms with Crippen LogP contribution >= 0.6 is 0 Å². The lowest BCUT2D eigenvalue weighted by Gasteiger charge is -2.17. The fourth-order valence-electron chi connectivity index (χ4n) is 3.52. The molecule has 1 atom stereocenters. The second-order valence-corrected chi connectivity index (χ2v) is 6.89. The molecular weight excluding hydrogens is 399 g/mol. The van der Waals surface area contributed by atoms with E-state index in [-0.39, 0.29) is 5.69 Å². The highest BCUT2D eigenvalue weighted by Crippen LogP contribution is 2.33. The maximum Gasteiger partial charge on any atom is 0.352 e. The van der Waals surface area contributed by atoms with Gasteiger partial charge in [-0.3, -0.25) is 9.38 Å². The number of anilines is 2. The predicted octanol–water partition coefficient (Wildman–Crippen LogP) is 3.86. The summed E-state index contributed by atoms with van der Waals surface area (Å²) in [7, 11) is 0. The van der Waals surface area contributed by atoms with Crippen molar-refractivity contribution in [1.82, 2.24) is 14.4 Å². The predicted molar refractivity (Wildman–Crippen MR) is 113 cm³/mol. The molecule has 0 aliphatic rings. The zero-order valence-electron chi connectivity index (χ0n) is 16.4. The third-order valence-electron chi connectivity index (χ3n) is 4.86. The van der Waals surface area contributed by atoms with E-state index in [1.165, 1.54) is 22.7 Å². The number of benzene rings is 1. The highest BCUT2D eigenvalue weighted by molar-refractivity contribution is 5.88. The Kier molecular flexibility index (Phi) is 4.97. The summed E-state index contributed by atoms with van der Waals surface area (Å²) in [6.45, 7) is 1.81. The minimum absolute atomic E-state index is 0.0237. The van der Waals surface area contributed by atoms with E-state index in [2.05, 4.69) is 21.4 Å². The maximum absolute atomic E-state index is 14.0. The topological polar surface area (TPSA) is 129 Å². The second-order valence-electron chi connectivity index (χ2n) is 6.89. The Labute approximate surface area is 176 Å². The number of pyridine rings is 2. The maximum atomic E-state index is 14.0. The van der Waals surface area contributed by atoms with Gasteiger partial charge in [-0.05, 0) is 37.3 Å². The molecule has 9 heteroatoms. The smallest absolute Gasteiger partial charge is 0.352 e. The van der Waals surface area contributed by atoms with Crippen LogP contribution in [0.4, 0.5) is 15.8 Å². The van der Waals surface area contributed by atoms with Crippen LogP contribution in [0.3, 0.4) is 0 Å².